The van der Waals surface area contributed by atoms with Crippen LogP contribution < -0.4 is 0 Å². The van der Waals surface area contributed by atoms with Gasteiger partial charge in [-0.1, -0.05) is 34.5 Å². The van der Waals surface area contributed by atoms with Crippen LogP contribution in [0.3, 0.4) is 0 Å². The molecular weight excluding hydrogens is 383 g/mol. The van der Waals surface area contributed by atoms with Gasteiger partial charge < -0.3 is 5.11 Å². The van der Waals surface area contributed by atoms with Crippen LogP contribution in [0.4, 0.5) is 4.39 Å². The molecule has 7 atom stereocenters. The highest BCUT2D eigenvalue weighted by Crippen LogP contribution is 2.63. The largest absolute Gasteiger partial charge is 0.387 e. The maximum absolute atomic E-state index is 13.2. The number of hydrogen-bond acceptors (Lipinski definition) is 2. The average molecular weight is 413 g/mol. The van der Waals surface area contributed by atoms with E-state index in [-0.39, 0.29) is 11.3 Å². The summed E-state index contributed by atoms with van der Waals surface area (Å²) >= 11 is 3.38. The third kappa shape index (κ3) is 2.77. The first-order valence-corrected chi connectivity index (χ1v) is 11.1. The highest BCUT2D eigenvalue weighted by molar-refractivity contribution is 9.09. The number of fused-ring (bicyclic) bond motifs is 5. The zero-order chi connectivity index (χ0) is 17.8. The van der Waals surface area contributed by atoms with E-state index in [2.05, 4.69) is 28.9 Å². The van der Waals surface area contributed by atoms with Crippen LogP contribution >= 0.6 is 15.9 Å². The topological polar surface area (TPSA) is 37.3 Å². The number of halogens is 2. The van der Waals surface area contributed by atoms with E-state index in [1.807, 2.05) is 0 Å². The molecule has 4 rings (SSSR count). The first-order valence-electron chi connectivity index (χ1n) is 9.98. The molecule has 4 aliphatic carbocycles. The predicted molar refractivity (Wildman–Crippen MR) is 100 cm³/mol. The van der Waals surface area contributed by atoms with Gasteiger partial charge in [0.1, 0.15) is 12.5 Å². The molecule has 0 aliphatic heterocycles. The van der Waals surface area contributed by atoms with Crippen molar-refractivity contribution in [3.8, 4) is 0 Å². The van der Waals surface area contributed by atoms with Crippen molar-refractivity contribution in [2.24, 2.45) is 35.0 Å². The lowest BCUT2D eigenvalue weighted by Crippen LogP contribution is -2.49. The Hall–Kier alpha value is -0.220. The first kappa shape index (κ1) is 18.2. The van der Waals surface area contributed by atoms with Crippen molar-refractivity contribution in [1.29, 1.82) is 0 Å². The standard InChI is InChI=1S/C21H30BrFO2/c1-20-8-6-15-14-7-9-21(25,12-23)10-13(14)2-3-16(15)17(20)4-5-18(20)19(24)11-22/h2,14-18,25H,3-12H2,1H3/t14-,15+,16+,17-,18+,20-,21-/m0/s1. The van der Waals surface area contributed by atoms with Crippen molar-refractivity contribution in [3.63, 3.8) is 0 Å². The van der Waals surface area contributed by atoms with Crippen molar-refractivity contribution in [2.45, 2.75) is 63.9 Å². The Kier molecular flexibility index (Phi) is 4.68. The van der Waals surface area contributed by atoms with Gasteiger partial charge in [0.05, 0.1) is 10.9 Å². The molecule has 0 amide bonds. The number of ketones is 1. The van der Waals surface area contributed by atoms with E-state index in [4.69, 9.17) is 0 Å². The normalized spacial score (nSPS) is 49.0. The predicted octanol–water partition coefficient (Wildman–Crippen LogP) is 4.84. The third-order valence-corrected chi connectivity index (χ3v) is 8.91. The average Bonchev–Trinajstić information content (AvgIpc) is 2.98. The third-order valence-electron chi connectivity index (χ3n) is 8.36. The number of carbonyl (C=O) groups excluding carboxylic acids is 1. The molecule has 4 heteroatoms. The summed E-state index contributed by atoms with van der Waals surface area (Å²) in [5, 5.41) is 10.9. The van der Waals surface area contributed by atoms with Gasteiger partial charge in [-0.3, -0.25) is 4.79 Å². The van der Waals surface area contributed by atoms with Crippen LogP contribution in [0, 0.1) is 35.0 Å². The molecule has 4 aliphatic rings. The molecule has 0 aromatic carbocycles. The van der Waals surface area contributed by atoms with Crippen LogP contribution in [-0.4, -0.2) is 28.5 Å². The Bertz CT molecular complexity index is 590. The van der Waals surface area contributed by atoms with E-state index in [1.54, 1.807) is 0 Å². The van der Waals surface area contributed by atoms with E-state index in [1.165, 1.54) is 18.4 Å². The van der Waals surface area contributed by atoms with E-state index in [9.17, 15) is 14.3 Å². The molecule has 0 spiro atoms. The lowest BCUT2D eigenvalue weighted by Gasteiger charge is -2.54. The molecule has 0 aromatic heterocycles. The molecule has 25 heavy (non-hydrogen) atoms. The number of Topliss-reactive ketones (excluding diaryl/α,β-unsaturated/α-hetero) is 1. The quantitative estimate of drug-likeness (QED) is 0.531. The molecule has 3 saturated carbocycles. The van der Waals surface area contributed by atoms with Gasteiger partial charge in [0.15, 0.2) is 0 Å². The second kappa shape index (κ2) is 6.44. The van der Waals surface area contributed by atoms with Crippen LogP contribution in [-0.2, 0) is 4.79 Å². The van der Waals surface area contributed by atoms with Gasteiger partial charge in [-0.15, -0.1) is 0 Å². The smallest absolute Gasteiger partial charge is 0.147 e. The molecule has 0 saturated heterocycles. The number of hydrogen-bond donors (Lipinski definition) is 1. The Morgan fingerprint density at radius 1 is 1.28 bits per heavy atom. The lowest BCUT2D eigenvalue weighted by atomic mass is 9.51. The maximum atomic E-state index is 13.2. The van der Waals surface area contributed by atoms with Gasteiger partial charge in [0.25, 0.3) is 0 Å². The summed E-state index contributed by atoms with van der Waals surface area (Å²) in [5.41, 5.74) is 0.382. The molecule has 0 aromatic rings. The summed E-state index contributed by atoms with van der Waals surface area (Å²) in [4.78, 5) is 12.4. The van der Waals surface area contributed by atoms with Crippen LogP contribution in [0.2, 0.25) is 0 Å². The number of allylic oxidation sites excluding steroid dienone is 1. The van der Waals surface area contributed by atoms with Gasteiger partial charge in [0, 0.05) is 5.92 Å². The fourth-order valence-electron chi connectivity index (χ4n) is 7.10. The fourth-order valence-corrected chi connectivity index (χ4v) is 7.49. The molecule has 1 N–H and O–H groups in total. The Labute approximate surface area is 158 Å². The number of carbonyl (C=O) groups is 1. The van der Waals surface area contributed by atoms with Gasteiger partial charge in [-0.2, -0.15) is 0 Å². The monoisotopic (exact) mass is 412 g/mol. The molecule has 140 valence electrons. The fraction of sp³-hybridized carbons (Fsp3) is 0.857. The Morgan fingerprint density at radius 2 is 2.08 bits per heavy atom. The van der Waals surface area contributed by atoms with Gasteiger partial charge in [-0.25, -0.2) is 4.39 Å². The van der Waals surface area contributed by atoms with Crippen molar-refractivity contribution >= 4 is 21.7 Å². The summed E-state index contributed by atoms with van der Waals surface area (Å²) in [6.07, 6.45) is 10.0. The van der Waals surface area contributed by atoms with Gasteiger partial charge in [-0.05, 0) is 80.5 Å². The molecule has 0 unspecified atom stereocenters. The summed E-state index contributed by atoms with van der Waals surface area (Å²) in [6, 6.07) is 0. The molecule has 2 nitrogen and oxygen atoms in total. The minimum Gasteiger partial charge on any atom is -0.387 e. The highest BCUT2D eigenvalue weighted by Gasteiger charge is 2.57. The summed E-state index contributed by atoms with van der Waals surface area (Å²) in [5.74, 6) is 3.17. The lowest BCUT2D eigenvalue weighted by molar-refractivity contribution is -0.126. The minimum atomic E-state index is -1.11. The Morgan fingerprint density at radius 3 is 2.80 bits per heavy atom. The molecule has 0 bridgehead atoms. The SMILES string of the molecule is C[C@]12CC[C@H]3[C@@H](CC=C4C[C@](O)(CF)CC[C@@H]43)[C@@H]1CC[C@@H]2C(=O)CBr. The van der Waals surface area contributed by atoms with Crippen LogP contribution in [0.5, 0.6) is 0 Å². The second-order valence-corrected chi connectivity index (χ2v) is 9.96. The second-order valence-electron chi connectivity index (χ2n) is 9.40. The zero-order valence-electron chi connectivity index (χ0n) is 15.1. The molecule has 3 fully saturated rings. The summed E-state index contributed by atoms with van der Waals surface area (Å²) < 4.78 is 13.2. The van der Waals surface area contributed by atoms with Crippen LogP contribution in [0.25, 0.3) is 0 Å². The van der Waals surface area contributed by atoms with Gasteiger partial charge in [0.2, 0.25) is 0 Å². The van der Waals surface area contributed by atoms with E-state index < -0.39 is 12.3 Å². The maximum Gasteiger partial charge on any atom is 0.147 e. The first-order chi connectivity index (χ1) is 11.9. The highest BCUT2D eigenvalue weighted by atomic mass is 79.9. The Balaban J connectivity index is 1.57. The number of aliphatic hydroxyl groups is 1. The summed E-state index contributed by atoms with van der Waals surface area (Å²) in [7, 11) is 0. The van der Waals surface area contributed by atoms with Crippen molar-refractivity contribution in [1.82, 2.24) is 0 Å². The van der Waals surface area contributed by atoms with Crippen LogP contribution in [0.1, 0.15) is 58.3 Å². The van der Waals surface area contributed by atoms with Gasteiger partial charge >= 0.3 is 0 Å². The van der Waals surface area contributed by atoms with Crippen molar-refractivity contribution in [2.75, 3.05) is 12.0 Å². The van der Waals surface area contributed by atoms with Crippen molar-refractivity contribution < 1.29 is 14.3 Å². The van der Waals surface area contributed by atoms with E-state index in [0.29, 0.717) is 47.6 Å². The minimum absolute atomic E-state index is 0.172. The van der Waals surface area contributed by atoms with E-state index >= 15 is 0 Å². The van der Waals surface area contributed by atoms with E-state index in [0.717, 1.165) is 25.7 Å². The molecule has 0 heterocycles. The molecular formula is C21H30BrFO2. The number of alkyl halides is 2. The zero-order valence-corrected chi connectivity index (χ0v) is 16.7. The molecule has 0 radical (unpaired) electrons. The summed E-state index contributed by atoms with van der Waals surface area (Å²) in [6.45, 7) is 1.75. The van der Waals surface area contributed by atoms with Crippen LogP contribution in [0.15, 0.2) is 11.6 Å². The number of rotatable bonds is 3. The van der Waals surface area contributed by atoms with Crippen molar-refractivity contribution in [3.05, 3.63) is 11.6 Å².